The summed E-state index contributed by atoms with van der Waals surface area (Å²) in [6.45, 7) is 1.69. The zero-order valence-corrected chi connectivity index (χ0v) is 13.2. The van der Waals surface area contributed by atoms with Crippen molar-refractivity contribution in [1.82, 2.24) is 10.0 Å². The van der Waals surface area contributed by atoms with Crippen LogP contribution in [0.3, 0.4) is 0 Å². The lowest BCUT2D eigenvalue weighted by molar-refractivity contribution is -0.384. The maximum absolute atomic E-state index is 12.4. The first-order chi connectivity index (χ1) is 10.2. The Labute approximate surface area is 132 Å². The lowest BCUT2D eigenvalue weighted by Crippen LogP contribution is -2.47. The van der Waals surface area contributed by atoms with Gasteiger partial charge >= 0.3 is 0 Å². The zero-order valence-electron chi connectivity index (χ0n) is 11.6. The number of sulfonamides is 1. The van der Waals surface area contributed by atoms with Crippen LogP contribution in [0.2, 0.25) is 5.02 Å². The molecule has 0 spiro atoms. The number of halogens is 1. The van der Waals surface area contributed by atoms with Gasteiger partial charge in [-0.25, -0.2) is 13.1 Å². The molecule has 120 valence electrons. The molecule has 1 unspecified atom stereocenters. The third kappa shape index (κ3) is 3.54. The summed E-state index contributed by atoms with van der Waals surface area (Å²) in [6, 6.07) is 1.75. The van der Waals surface area contributed by atoms with E-state index in [0.29, 0.717) is 12.0 Å². The fraction of sp³-hybridized carbons (Fsp3) is 0.417. The Balaban J connectivity index is 2.31. The first kappa shape index (κ1) is 16.7. The summed E-state index contributed by atoms with van der Waals surface area (Å²) in [7, 11) is -3.95. The van der Waals surface area contributed by atoms with Crippen LogP contribution < -0.4 is 10.0 Å². The molecule has 0 aliphatic carbocycles. The fourth-order valence-electron chi connectivity index (χ4n) is 2.19. The minimum absolute atomic E-state index is 0.119. The van der Waals surface area contributed by atoms with E-state index in [1.807, 2.05) is 0 Å². The Morgan fingerprint density at radius 1 is 1.45 bits per heavy atom. The van der Waals surface area contributed by atoms with E-state index >= 15 is 0 Å². The molecule has 0 radical (unpaired) electrons. The zero-order chi connectivity index (χ0) is 16.5. The highest BCUT2D eigenvalue weighted by Gasteiger charge is 2.27. The summed E-state index contributed by atoms with van der Waals surface area (Å²) >= 11 is 5.75. The molecule has 0 saturated carbocycles. The molecular formula is C12H14ClN3O5S. The molecule has 2 N–H and O–H groups in total. The predicted octanol–water partition coefficient (Wildman–Crippen LogP) is 1.11. The molecular weight excluding hydrogens is 334 g/mol. The predicted molar refractivity (Wildman–Crippen MR) is 79.2 cm³/mol. The van der Waals surface area contributed by atoms with Gasteiger partial charge < -0.3 is 5.32 Å². The van der Waals surface area contributed by atoms with Crippen LogP contribution >= 0.6 is 11.6 Å². The Hall–Kier alpha value is -1.71. The number of nitro benzene ring substituents is 1. The maximum Gasteiger partial charge on any atom is 0.289 e. The summed E-state index contributed by atoms with van der Waals surface area (Å²) in [5.74, 6) is -0.131. The second-order valence-corrected chi connectivity index (χ2v) is 7.08. The molecule has 1 aliphatic heterocycles. The average molecular weight is 348 g/mol. The fourth-order valence-corrected chi connectivity index (χ4v) is 3.99. The summed E-state index contributed by atoms with van der Waals surface area (Å²) < 4.78 is 27.2. The first-order valence-corrected chi connectivity index (χ1v) is 8.30. The van der Waals surface area contributed by atoms with Gasteiger partial charge in [-0.15, -0.1) is 0 Å². The molecule has 0 aromatic heterocycles. The summed E-state index contributed by atoms with van der Waals surface area (Å²) in [6.07, 6.45) is 0.604. The topological polar surface area (TPSA) is 118 Å². The Morgan fingerprint density at radius 2 is 2.14 bits per heavy atom. The van der Waals surface area contributed by atoms with Crippen LogP contribution in [0.1, 0.15) is 18.4 Å². The van der Waals surface area contributed by atoms with Crippen LogP contribution in [0.15, 0.2) is 17.0 Å². The van der Waals surface area contributed by atoms with E-state index in [0.717, 1.165) is 6.07 Å². The van der Waals surface area contributed by atoms with Gasteiger partial charge in [0, 0.05) is 25.1 Å². The molecule has 1 aliphatic rings. The van der Waals surface area contributed by atoms with Crippen molar-refractivity contribution in [3.63, 3.8) is 0 Å². The van der Waals surface area contributed by atoms with E-state index in [-0.39, 0.29) is 28.8 Å². The van der Waals surface area contributed by atoms with Crippen LogP contribution in [-0.2, 0) is 14.8 Å². The molecule has 8 nitrogen and oxygen atoms in total. The van der Waals surface area contributed by atoms with E-state index in [1.165, 1.54) is 13.0 Å². The third-order valence-corrected chi connectivity index (χ3v) is 5.28. The highest BCUT2D eigenvalue weighted by Crippen LogP contribution is 2.30. The second-order valence-electron chi connectivity index (χ2n) is 4.99. The summed E-state index contributed by atoms with van der Waals surface area (Å²) in [4.78, 5) is 21.0. The van der Waals surface area contributed by atoms with Gasteiger partial charge in [0.25, 0.3) is 5.69 Å². The molecule has 1 aromatic rings. The number of aryl methyl sites for hydroxylation is 1. The number of nitro groups is 1. The largest absolute Gasteiger partial charge is 0.355 e. The maximum atomic E-state index is 12.4. The number of carbonyl (C=O) groups is 1. The van der Waals surface area contributed by atoms with Crippen molar-refractivity contribution in [2.75, 3.05) is 6.54 Å². The van der Waals surface area contributed by atoms with Crippen molar-refractivity contribution in [3.8, 4) is 0 Å². The number of carbonyl (C=O) groups excluding carboxylic acids is 1. The number of piperidine rings is 1. The van der Waals surface area contributed by atoms with Crippen LogP contribution in [0, 0.1) is 17.0 Å². The van der Waals surface area contributed by atoms with Gasteiger partial charge in [-0.2, -0.15) is 0 Å². The standard InChI is InChI=1S/C12H14ClN3O5S/c1-7-4-9(13)10(16(18)19)5-11(7)22(20,21)15-8-2-3-12(17)14-6-8/h4-5,8,15H,2-3,6H2,1H3,(H,14,17). The molecule has 10 heteroatoms. The van der Waals surface area contributed by atoms with Gasteiger partial charge in [-0.1, -0.05) is 11.6 Å². The van der Waals surface area contributed by atoms with E-state index in [4.69, 9.17) is 11.6 Å². The van der Waals surface area contributed by atoms with Crippen LogP contribution in [0.4, 0.5) is 5.69 Å². The smallest absolute Gasteiger partial charge is 0.289 e. The van der Waals surface area contributed by atoms with Crippen molar-refractivity contribution >= 4 is 33.2 Å². The van der Waals surface area contributed by atoms with Gasteiger partial charge in [0.1, 0.15) is 5.02 Å². The summed E-state index contributed by atoms with van der Waals surface area (Å²) in [5, 5.41) is 13.3. The molecule has 0 bridgehead atoms. The SMILES string of the molecule is Cc1cc(Cl)c([N+](=O)[O-])cc1S(=O)(=O)NC1CCC(=O)NC1. The van der Waals surface area contributed by atoms with E-state index < -0.39 is 26.7 Å². The van der Waals surface area contributed by atoms with Crippen molar-refractivity contribution in [3.05, 3.63) is 32.8 Å². The number of nitrogens with zero attached hydrogens (tertiary/aromatic N) is 1. The van der Waals surface area contributed by atoms with Gasteiger partial charge in [-0.05, 0) is 25.0 Å². The number of hydrogen-bond acceptors (Lipinski definition) is 5. The van der Waals surface area contributed by atoms with Crippen molar-refractivity contribution < 1.29 is 18.1 Å². The van der Waals surface area contributed by atoms with Crippen LogP contribution in [0.5, 0.6) is 0 Å². The molecule has 2 rings (SSSR count). The minimum atomic E-state index is -3.95. The van der Waals surface area contributed by atoms with E-state index in [1.54, 1.807) is 0 Å². The molecule has 1 saturated heterocycles. The third-order valence-electron chi connectivity index (χ3n) is 3.32. The molecule has 1 aromatic carbocycles. The normalized spacial score (nSPS) is 18.8. The Kier molecular flexibility index (Phi) is 4.69. The Bertz CT molecular complexity index is 725. The number of nitrogens with one attached hydrogen (secondary N) is 2. The van der Waals surface area contributed by atoms with Crippen LogP contribution in [-0.4, -0.2) is 31.8 Å². The number of amides is 1. The molecule has 1 heterocycles. The number of rotatable bonds is 4. The number of benzene rings is 1. The van der Waals surface area contributed by atoms with Gasteiger partial charge in [0.05, 0.1) is 9.82 Å². The van der Waals surface area contributed by atoms with E-state index in [2.05, 4.69) is 10.0 Å². The Morgan fingerprint density at radius 3 is 2.68 bits per heavy atom. The highest BCUT2D eigenvalue weighted by atomic mass is 35.5. The van der Waals surface area contributed by atoms with Crippen LogP contribution in [0.25, 0.3) is 0 Å². The highest BCUT2D eigenvalue weighted by molar-refractivity contribution is 7.89. The molecule has 1 atom stereocenters. The molecule has 1 fully saturated rings. The average Bonchev–Trinajstić information content (AvgIpc) is 2.40. The van der Waals surface area contributed by atoms with Crippen molar-refractivity contribution in [1.29, 1.82) is 0 Å². The first-order valence-electron chi connectivity index (χ1n) is 6.44. The van der Waals surface area contributed by atoms with Gasteiger partial charge in [0.15, 0.2) is 0 Å². The van der Waals surface area contributed by atoms with Gasteiger partial charge in [-0.3, -0.25) is 14.9 Å². The summed E-state index contributed by atoms with van der Waals surface area (Å²) in [5.41, 5.74) is -0.160. The van der Waals surface area contributed by atoms with Crippen molar-refractivity contribution in [2.24, 2.45) is 0 Å². The minimum Gasteiger partial charge on any atom is -0.355 e. The molecule has 1 amide bonds. The number of hydrogen-bond donors (Lipinski definition) is 2. The quantitative estimate of drug-likeness (QED) is 0.624. The van der Waals surface area contributed by atoms with Gasteiger partial charge in [0.2, 0.25) is 15.9 Å². The van der Waals surface area contributed by atoms with Crippen molar-refractivity contribution in [2.45, 2.75) is 30.7 Å². The van der Waals surface area contributed by atoms with E-state index in [9.17, 15) is 23.3 Å². The molecule has 22 heavy (non-hydrogen) atoms. The lowest BCUT2D eigenvalue weighted by atomic mass is 10.1. The monoisotopic (exact) mass is 347 g/mol. The lowest BCUT2D eigenvalue weighted by Gasteiger charge is -2.23. The second kappa shape index (κ2) is 6.19.